The van der Waals surface area contributed by atoms with Crippen molar-refractivity contribution in [3.05, 3.63) is 27.8 Å². The number of aromatic amines is 2. The molecular weight excluding hydrogens is 246 g/mol. The molecule has 0 fully saturated rings. The number of H-pyrrole nitrogens is 2. The molecule has 3 heterocycles. The molecule has 0 radical (unpaired) electrons. The summed E-state index contributed by atoms with van der Waals surface area (Å²) in [5.41, 5.74) is 4.52. The number of aromatic nitrogens is 4. The number of aryl methyl sites for hydroxylation is 1. The fraction of sp³-hybridized carbons (Fsp3) is 0.417. The van der Waals surface area contributed by atoms with Gasteiger partial charge in [-0.1, -0.05) is 0 Å². The highest BCUT2D eigenvalue weighted by Gasteiger charge is 2.17. The summed E-state index contributed by atoms with van der Waals surface area (Å²) in [7, 11) is 2.13. The van der Waals surface area contributed by atoms with Crippen molar-refractivity contribution in [2.45, 2.75) is 19.9 Å². The van der Waals surface area contributed by atoms with Gasteiger partial charge in [-0.05, 0) is 37.8 Å². The molecule has 1 aliphatic rings. The lowest BCUT2D eigenvalue weighted by atomic mass is 10.0. The predicted octanol–water partition coefficient (Wildman–Crippen LogP) is 1.83. The van der Waals surface area contributed by atoms with Gasteiger partial charge >= 0.3 is 0 Å². The van der Waals surface area contributed by atoms with Gasteiger partial charge in [0, 0.05) is 36.5 Å². The van der Waals surface area contributed by atoms with Crippen molar-refractivity contribution < 1.29 is 0 Å². The minimum Gasteiger partial charge on any atom is -0.302 e. The van der Waals surface area contributed by atoms with Crippen LogP contribution < -0.4 is 0 Å². The van der Waals surface area contributed by atoms with Crippen LogP contribution in [0.5, 0.6) is 0 Å². The van der Waals surface area contributed by atoms with E-state index in [-0.39, 0.29) is 0 Å². The maximum absolute atomic E-state index is 4.99. The fourth-order valence-corrected chi connectivity index (χ4v) is 2.50. The zero-order valence-electron chi connectivity index (χ0n) is 10.4. The van der Waals surface area contributed by atoms with E-state index in [0.29, 0.717) is 4.77 Å². The van der Waals surface area contributed by atoms with Crippen molar-refractivity contribution in [2.24, 2.45) is 0 Å². The van der Waals surface area contributed by atoms with Crippen molar-refractivity contribution in [3.8, 4) is 11.4 Å². The van der Waals surface area contributed by atoms with Gasteiger partial charge in [0.15, 0.2) is 5.82 Å². The van der Waals surface area contributed by atoms with E-state index >= 15 is 0 Å². The van der Waals surface area contributed by atoms with E-state index in [1.165, 1.54) is 11.3 Å². The highest BCUT2D eigenvalue weighted by molar-refractivity contribution is 7.71. The SMILES string of the molecule is Cc1nc2c(cc1-c1nc(=S)[nH][nH]1)CN(C)CC2. The van der Waals surface area contributed by atoms with Crippen molar-refractivity contribution in [3.63, 3.8) is 0 Å². The van der Waals surface area contributed by atoms with Gasteiger partial charge in [0.05, 0.1) is 0 Å². The second kappa shape index (κ2) is 4.29. The lowest BCUT2D eigenvalue weighted by molar-refractivity contribution is 0.310. The smallest absolute Gasteiger partial charge is 0.213 e. The first-order chi connectivity index (χ1) is 8.63. The highest BCUT2D eigenvalue weighted by Crippen LogP contribution is 2.24. The van der Waals surface area contributed by atoms with Crippen molar-refractivity contribution >= 4 is 12.2 Å². The molecule has 0 spiro atoms. The molecule has 3 rings (SSSR count). The number of pyridine rings is 1. The molecule has 0 saturated heterocycles. The van der Waals surface area contributed by atoms with Crippen LogP contribution in [0.3, 0.4) is 0 Å². The quantitative estimate of drug-likeness (QED) is 0.769. The number of rotatable bonds is 1. The zero-order valence-corrected chi connectivity index (χ0v) is 11.3. The zero-order chi connectivity index (χ0) is 12.7. The van der Waals surface area contributed by atoms with Crippen LogP contribution in [-0.4, -0.2) is 38.7 Å². The molecule has 0 bridgehead atoms. The van der Waals surface area contributed by atoms with Crippen LogP contribution in [0.15, 0.2) is 6.07 Å². The van der Waals surface area contributed by atoms with Gasteiger partial charge in [-0.15, -0.1) is 0 Å². The Balaban J connectivity index is 2.11. The first-order valence-electron chi connectivity index (χ1n) is 5.96. The molecule has 2 aromatic heterocycles. The average molecular weight is 261 g/mol. The number of likely N-dealkylation sites (N-methyl/N-ethyl adjacent to an activating group) is 1. The van der Waals surface area contributed by atoms with Crippen LogP contribution in [0.25, 0.3) is 11.4 Å². The van der Waals surface area contributed by atoms with Crippen molar-refractivity contribution in [1.82, 2.24) is 25.1 Å². The molecule has 0 aliphatic carbocycles. The lowest BCUT2D eigenvalue weighted by Gasteiger charge is -2.25. The molecule has 6 heteroatoms. The Labute approximate surface area is 110 Å². The highest BCUT2D eigenvalue weighted by atomic mass is 32.1. The molecule has 94 valence electrons. The lowest BCUT2D eigenvalue weighted by Crippen LogP contribution is -2.27. The Bertz CT molecular complexity index is 642. The molecule has 5 nitrogen and oxygen atoms in total. The van der Waals surface area contributed by atoms with Crippen LogP contribution in [0.4, 0.5) is 0 Å². The predicted molar refractivity (Wildman–Crippen MR) is 71.8 cm³/mol. The molecule has 2 aromatic rings. The van der Waals surface area contributed by atoms with Gasteiger partial charge in [-0.25, -0.2) is 0 Å². The third-order valence-corrected chi connectivity index (χ3v) is 3.50. The Morgan fingerprint density at radius 3 is 2.89 bits per heavy atom. The maximum Gasteiger partial charge on any atom is 0.213 e. The fourth-order valence-electron chi connectivity index (χ4n) is 2.35. The summed E-state index contributed by atoms with van der Waals surface area (Å²) in [4.78, 5) is 11.3. The largest absolute Gasteiger partial charge is 0.302 e. The summed E-state index contributed by atoms with van der Waals surface area (Å²) in [5, 5.41) is 5.81. The van der Waals surface area contributed by atoms with E-state index in [4.69, 9.17) is 17.2 Å². The number of hydrogen-bond donors (Lipinski definition) is 2. The molecule has 0 saturated carbocycles. The van der Waals surface area contributed by atoms with E-state index in [9.17, 15) is 0 Å². The number of fused-ring (bicyclic) bond motifs is 1. The van der Waals surface area contributed by atoms with Crippen molar-refractivity contribution in [2.75, 3.05) is 13.6 Å². The van der Waals surface area contributed by atoms with Gasteiger partial charge in [0.1, 0.15) is 0 Å². The number of nitrogens with zero attached hydrogens (tertiary/aromatic N) is 3. The molecule has 1 aliphatic heterocycles. The summed E-state index contributed by atoms with van der Waals surface area (Å²) in [6.07, 6.45) is 1.02. The van der Waals surface area contributed by atoms with E-state index in [1.54, 1.807) is 0 Å². The van der Waals surface area contributed by atoms with Crippen LogP contribution in [0.1, 0.15) is 17.0 Å². The van der Waals surface area contributed by atoms with Gasteiger partial charge < -0.3 is 4.90 Å². The third-order valence-electron chi connectivity index (χ3n) is 3.31. The monoisotopic (exact) mass is 261 g/mol. The standard InChI is InChI=1S/C12H15N5S/c1-7-9(11-14-12(18)16-15-11)5-8-6-17(2)4-3-10(8)13-7/h5H,3-4,6H2,1-2H3,(H2,14,15,16,18). The Morgan fingerprint density at radius 1 is 1.33 bits per heavy atom. The van der Waals surface area contributed by atoms with Crippen molar-refractivity contribution in [1.29, 1.82) is 0 Å². The second-order valence-electron chi connectivity index (χ2n) is 4.73. The number of nitrogens with one attached hydrogen (secondary N) is 2. The van der Waals surface area contributed by atoms with Gasteiger partial charge in [0.2, 0.25) is 4.77 Å². The van der Waals surface area contributed by atoms with E-state index in [1.807, 2.05) is 6.92 Å². The Hall–Kier alpha value is -1.53. The normalized spacial score (nSPS) is 15.7. The third kappa shape index (κ3) is 1.97. The summed E-state index contributed by atoms with van der Waals surface area (Å²) < 4.78 is 0.472. The van der Waals surface area contributed by atoms with E-state index in [2.05, 4.69) is 33.2 Å². The molecular formula is C12H15N5S. The van der Waals surface area contributed by atoms with Crippen LogP contribution in [0, 0.1) is 11.7 Å². The molecule has 0 amide bonds. The molecule has 0 unspecified atom stereocenters. The second-order valence-corrected chi connectivity index (χ2v) is 5.12. The van der Waals surface area contributed by atoms with Gasteiger partial charge in [-0.2, -0.15) is 4.98 Å². The summed E-state index contributed by atoms with van der Waals surface area (Å²) >= 11 is 4.99. The summed E-state index contributed by atoms with van der Waals surface area (Å²) in [6.45, 7) is 4.03. The minimum absolute atomic E-state index is 0.472. The first kappa shape index (κ1) is 11.6. The molecule has 0 atom stereocenters. The van der Waals surface area contributed by atoms with Crippen LogP contribution >= 0.6 is 12.2 Å². The topological polar surface area (TPSA) is 60.6 Å². The van der Waals surface area contributed by atoms with E-state index < -0.39 is 0 Å². The Morgan fingerprint density at radius 2 is 2.17 bits per heavy atom. The summed E-state index contributed by atoms with van der Waals surface area (Å²) in [6, 6.07) is 2.18. The first-order valence-corrected chi connectivity index (χ1v) is 6.37. The molecule has 18 heavy (non-hydrogen) atoms. The maximum atomic E-state index is 4.99. The number of hydrogen-bond acceptors (Lipinski definition) is 4. The molecule has 0 aromatic carbocycles. The Kier molecular flexibility index (Phi) is 2.76. The average Bonchev–Trinajstić information content (AvgIpc) is 2.75. The van der Waals surface area contributed by atoms with Crippen LogP contribution in [0.2, 0.25) is 0 Å². The summed E-state index contributed by atoms with van der Waals surface area (Å²) in [5.74, 6) is 0.765. The minimum atomic E-state index is 0.472. The van der Waals surface area contributed by atoms with Crippen LogP contribution in [-0.2, 0) is 13.0 Å². The van der Waals surface area contributed by atoms with E-state index in [0.717, 1.165) is 36.6 Å². The van der Waals surface area contributed by atoms with Gasteiger partial charge in [-0.3, -0.25) is 15.2 Å². The molecule has 2 N–H and O–H groups in total. The van der Waals surface area contributed by atoms with Gasteiger partial charge in [0.25, 0.3) is 0 Å².